The first-order valence-electron chi connectivity index (χ1n) is 10.0. The molecule has 27 heavy (non-hydrogen) atoms. The summed E-state index contributed by atoms with van der Waals surface area (Å²) in [7, 11) is 0. The van der Waals surface area contributed by atoms with E-state index in [1.54, 1.807) is 0 Å². The maximum absolute atomic E-state index is 12.9. The molecule has 0 bridgehead atoms. The maximum Gasteiger partial charge on any atom is 0.237 e. The van der Waals surface area contributed by atoms with Gasteiger partial charge in [0.05, 0.1) is 18.6 Å². The molecule has 4 atom stereocenters. The average Bonchev–Trinajstić information content (AvgIpc) is 3.17. The number of likely N-dealkylation sites (tertiary alicyclic amines) is 1. The molecular weight excluding hydrogens is 342 g/mol. The van der Waals surface area contributed by atoms with Crippen molar-refractivity contribution in [1.29, 1.82) is 0 Å². The molecule has 2 N–H and O–H groups in total. The lowest BCUT2D eigenvalue weighted by molar-refractivity contribution is -0.138. The van der Waals surface area contributed by atoms with Crippen LogP contribution in [0.25, 0.3) is 0 Å². The summed E-state index contributed by atoms with van der Waals surface area (Å²) in [5, 5.41) is 12.7. The van der Waals surface area contributed by atoms with Crippen molar-refractivity contribution in [1.82, 2.24) is 15.1 Å². The van der Waals surface area contributed by atoms with Gasteiger partial charge < -0.3 is 15.3 Å². The van der Waals surface area contributed by atoms with E-state index in [9.17, 15) is 14.7 Å². The molecule has 1 saturated carbocycles. The third-order valence-electron chi connectivity index (χ3n) is 6.52. The topological polar surface area (TPSA) is 72.9 Å². The van der Waals surface area contributed by atoms with Crippen molar-refractivity contribution in [3.05, 3.63) is 35.4 Å². The Morgan fingerprint density at radius 3 is 2.63 bits per heavy atom. The standard InChI is InChI=1S/C21H29N3O3/c1-14-4-2-3-5-15(14)11-23-7-6-22-21(27)19(23)10-20(26)24-12-16-8-18(25)9-17(16)13-24/h2-5,16-19,25H,6-13H2,1H3,(H,22,27)/t16-,17+,18?,19?. The number of aryl methyl sites for hydroxylation is 1. The van der Waals surface area contributed by atoms with Crippen LogP contribution < -0.4 is 5.32 Å². The van der Waals surface area contributed by atoms with Crippen molar-refractivity contribution < 1.29 is 14.7 Å². The van der Waals surface area contributed by atoms with Gasteiger partial charge in [-0.05, 0) is 42.7 Å². The van der Waals surface area contributed by atoms with Gasteiger partial charge in [0.25, 0.3) is 0 Å². The van der Waals surface area contributed by atoms with Crippen LogP contribution >= 0.6 is 0 Å². The zero-order valence-corrected chi connectivity index (χ0v) is 15.9. The normalized spacial score (nSPS) is 31.0. The molecule has 4 rings (SSSR count). The molecule has 3 fully saturated rings. The van der Waals surface area contributed by atoms with Gasteiger partial charge >= 0.3 is 0 Å². The van der Waals surface area contributed by atoms with E-state index in [1.165, 1.54) is 11.1 Å². The van der Waals surface area contributed by atoms with Crippen molar-refractivity contribution in [2.24, 2.45) is 11.8 Å². The number of carbonyl (C=O) groups is 2. The summed E-state index contributed by atoms with van der Waals surface area (Å²) in [6, 6.07) is 7.80. The van der Waals surface area contributed by atoms with Crippen LogP contribution in [0.4, 0.5) is 0 Å². The summed E-state index contributed by atoms with van der Waals surface area (Å²) in [6.45, 7) is 5.61. The quantitative estimate of drug-likeness (QED) is 0.825. The van der Waals surface area contributed by atoms with Gasteiger partial charge in [0.2, 0.25) is 11.8 Å². The van der Waals surface area contributed by atoms with Gasteiger partial charge in [-0.15, -0.1) is 0 Å². The lowest BCUT2D eigenvalue weighted by atomic mass is 10.0. The van der Waals surface area contributed by atoms with E-state index in [1.807, 2.05) is 17.0 Å². The highest BCUT2D eigenvalue weighted by atomic mass is 16.3. The lowest BCUT2D eigenvalue weighted by Crippen LogP contribution is -2.56. The fourth-order valence-corrected chi connectivity index (χ4v) is 4.95. The molecule has 3 aliphatic rings. The molecule has 0 spiro atoms. The SMILES string of the molecule is Cc1ccccc1CN1CCNC(=O)C1CC(=O)N1C[C@H]2CC(O)C[C@H]2C1. The first-order chi connectivity index (χ1) is 13.0. The molecule has 2 heterocycles. The Kier molecular flexibility index (Phi) is 5.19. The van der Waals surface area contributed by atoms with Gasteiger partial charge in [-0.25, -0.2) is 0 Å². The van der Waals surface area contributed by atoms with E-state index in [2.05, 4.69) is 29.3 Å². The van der Waals surface area contributed by atoms with Crippen molar-refractivity contribution in [3.8, 4) is 0 Å². The summed E-state index contributed by atoms with van der Waals surface area (Å²) >= 11 is 0. The first-order valence-corrected chi connectivity index (χ1v) is 10.0. The summed E-state index contributed by atoms with van der Waals surface area (Å²) in [5.41, 5.74) is 2.41. The second kappa shape index (κ2) is 7.60. The molecule has 2 unspecified atom stereocenters. The number of hydrogen-bond donors (Lipinski definition) is 2. The summed E-state index contributed by atoms with van der Waals surface area (Å²) < 4.78 is 0. The molecular formula is C21H29N3O3. The molecule has 2 saturated heterocycles. The molecule has 2 amide bonds. The molecule has 146 valence electrons. The van der Waals surface area contributed by atoms with Crippen LogP contribution in [0.1, 0.15) is 30.4 Å². The minimum Gasteiger partial charge on any atom is -0.393 e. The van der Waals surface area contributed by atoms with Crippen LogP contribution in [0.5, 0.6) is 0 Å². The van der Waals surface area contributed by atoms with Crippen LogP contribution in [-0.4, -0.2) is 65.0 Å². The molecule has 6 nitrogen and oxygen atoms in total. The Labute approximate surface area is 160 Å². The highest BCUT2D eigenvalue weighted by Crippen LogP contribution is 2.38. The van der Waals surface area contributed by atoms with Crippen LogP contribution in [-0.2, 0) is 16.1 Å². The van der Waals surface area contributed by atoms with E-state index in [-0.39, 0.29) is 24.3 Å². The van der Waals surface area contributed by atoms with Gasteiger partial charge in [-0.1, -0.05) is 24.3 Å². The van der Waals surface area contributed by atoms with Crippen molar-refractivity contribution in [2.75, 3.05) is 26.2 Å². The number of benzene rings is 1. The molecule has 6 heteroatoms. The van der Waals surface area contributed by atoms with Gasteiger partial charge in [-0.2, -0.15) is 0 Å². The number of hydrogen-bond acceptors (Lipinski definition) is 4. The van der Waals surface area contributed by atoms with Gasteiger partial charge in [0.1, 0.15) is 0 Å². The van der Waals surface area contributed by atoms with Gasteiger partial charge in [0, 0.05) is 32.7 Å². The smallest absolute Gasteiger partial charge is 0.237 e. The Hall–Kier alpha value is -1.92. The molecule has 1 aliphatic carbocycles. The summed E-state index contributed by atoms with van der Waals surface area (Å²) in [5.74, 6) is 0.869. The van der Waals surface area contributed by atoms with E-state index in [4.69, 9.17) is 0 Å². The third-order valence-corrected chi connectivity index (χ3v) is 6.52. The van der Waals surface area contributed by atoms with Gasteiger partial charge in [-0.3, -0.25) is 14.5 Å². The molecule has 0 aromatic heterocycles. The van der Waals surface area contributed by atoms with E-state index < -0.39 is 6.04 Å². The van der Waals surface area contributed by atoms with E-state index in [0.717, 1.165) is 32.5 Å². The minimum atomic E-state index is -0.406. The monoisotopic (exact) mass is 371 g/mol. The largest absolute Gasteiger partial charge is 0.393 e. The van der Waals surface area contributed by atoms with E-state index in [0.29, 0.717) is 24.9 Å². The molecule has 1 aromatic rings. The van der Waals surface area contributed by atoms with E-state index >= 15 is 0 Å². The Morgan fingerprint density at radius 1 is 1.22 bits per heavy atom. The number of piperazine rings is 1. The highest BCUT2D eigenvalue weighted by Gasteiger charge is 2.43. The summed E-state index contributed by atoms with van der Waals surface area (Å²) in [4.78, 5) is 29.5. The number of carbonyl (C=O) groups excluding carboxylic acids is 2. The van der Waals surface area contributed by atoms with Crippen molar-refractivity contribution >= 4 is 11.8 Å². The third kappa shape index (κ3) is 3.87. The zero-order chi connectivity index (χ0) is 19.0. The summed E-state index contributed by atoms with van der Waals surface area (Å²) in [6.07, 6.45) is 1.64. The average molecular weight is 371 g/mol. The number of rotatable bonds is 4. The number of aliphatic hydroxyl groups is 1. The number of aliphatic hydroxyl groups excluding tert-OH is 1. The first kappa shape index (κ1) is 18.4. The van der Waals surface area contributed by atoms with Crippen LogP contribution in [0.15, 0.2) is 24.3 Å². The molecule has 0 radical (unpaired) electrons. The van der Waals surface area contributed by atoms with Crippen molar-refractivity contribution in [3.63, 3.8) is 0 Å². The predicted molar refractivity (Wildman–Crippen MR) is 102 cm³/mol. The lowest BCUT2D eigenvalue weighted by Gasteiger charge is -2.35. The predicted octanol–water partition coefficient (Wildman–Crippen LogP) is 0.915. The maximum atomic E-state index is 12.9. The Morgan fingerprint density at radius 2 is 1.93 bits per heavy atom. The highest BCUT2D eigenvalue weighted by molar-refractivity contribution is 5.89. The fourth-order valence-electron chi connectivity index (χ4n) is 4.95. The second-order valence-electron chi connectivity index (χ2n) is 8.35. The second-order valence-corrected chi connectivity index (χ2v) is 8.35. The number of amides is 2. The van der Waals surface area contributed by atoms with Crippen LogP contribution in [0.3, 0.4) is 0 Å². The number of nitrogens with zero attached hydrogens (tertiary/aromatic N) is 2. The van der Waals surface area contributed by atoms with Crippen LogP contribution in [0, 0.1) is 18.8 Å². The minimum absolute atomic E-state index is 0.0435. The number of fused-ring (bicyclic) bond motifs is 1. The fraction of sp³-hybridized carbons (Fsp3) is 0.619. The Bertz CT molecular complexity index is 708. The van der Waals surface area contributed by atoms with Gasteiger partial charge in [0.15, 0.2) is 0 Å². The zero-order valence-electron chi connectivity index (χ0n) is 15.9. The van der Waals surface area contributed by atoms with Crippen LogP contribution in [0.2, 0.25) is 0 Å². The Balaban J connectivity index is 1.41. The molecule has 2 aliphatic heterocycles. The van der Waals surface area contributed by atoms with Crippen molar-refractivity contribution in [2.45, 2.75) is 44.9 Å². The number of nitrogens with one attached hydrogen (secondary N) is 1. The molecule has 1 aromatic carbocycles.